The highest BCUT2D eigenvalue weighted by molar-refractivity contribution is 5.81. The summed E-state index contributed by atoms with van der Waals surface area (Å²) in [7, 11) is 1.67. The number of aromatic hydroxyl groups is 1. The lowest BCUT2D eigenvalue weighted by Gasteiger charge is -1.98. The zero-order valence-corrected chi connectivity index (χ0v) is 12.3. The predicted octanol–water partition coefficient (Wildman–Crippen LogP) is 3.78. The number of nitrogens with zero attached hydrogens (tertiary/aromatic N) is 1. The van der Waals surface area contributed by atoms with Crippen LogP contribution >= 0.6 is 0 Å². The SMILES string of the molecule is CNc1ccc(C#C/C=C/c2cc3cc(O)ccc3o2)c([18F])n1. The molecule has 0 amide bonds. The van der Waals surface area contributed by atoms with Gasteiger partial charge in [-0.25, -0.2) is 4.98 Å². The van der Waals surface area contributed by atoms with E-state index >= 15 is 0 Å². The maximum absolute atomic E-state index is 13.6. The first kappa shape index (κ1) is 14.7. The molecule has 0 atom stereocenters. The summed E-state index contributed by atoms with van der Waals surface area (Å²) in [6.07, 6.45) is 3.25. The zero-order valence-electron chi connectivity index (χ0n) is 12.3. The number of benzene rings is 1. The van der Waals surface area contributed by atoms with Crippen LogP contribution in [0.2, 0.25) is 0 Å². The third-order valence-corrected chi connectivity index (χ3v) is 3.16. The molecule has 0 saturated carbocycles. The Bertz CT molecular complexity index is 949. The van der Waals surface area contributed by atoms with Crippen molar-refractivity contribution in [1.82, 2.24) is 4.98 Å². The predicted molar refractivity (Wildman–Crippen MR) is 87.5 cm³/mol. The Labute approximate surface area is 132 Å². The smallest absolute Gasteiger partial charge is 0.230 e. The van der Waals surface area contributed by atoms with E-state index in [1.165, 1.54) is 0 Å². The lowest BCUT2D eigenvalue weighted by molar-refractivity contribution is 0.476. The van der Waals surface area contributed by atoms with E-state index in [-0.39, 0.29) is 11.3 Å². The molecule has 0 bridgehead atoms. The molecular weight excluding hydrogens is 294 g/mol. The van der Waals surface area contributed by atoms with E-state index in [0.717, 1.165) is 5.39 Å². The Kier molecular flexibility index (Phi) is 3.98. The highest BCUT2D eigenvalue weighted by atomic mass is 18.2. The van der Waals surface area contributed by atoms with E-state index < -0.39 is 5.95 Å². The second kappa shape index (κ2) is 6.24. The Morgan fingerprint density at radius 1 is 1.26 bits per heavy atom. The monoisotopic (exact) mass is 307 g/mol. The van der Waals surface area contributed by atoms with Crippen molar-refractivity contribution in [3.05, 3.63) is 59.7 Å². The Hall–Kier alpha value is -3.26. The third-order valence-electron chi connectivity index (χ3n) is 3.16. The van der Waals surface area contributed by atoms with Gasteiger partial charge in [-0.15, -0.1) is 0 Å². The summed E-state index contributed by atoms with van der Waals surface area (Å²) in [5, 5.41) is 13.0. The summed E-state index contributed by atoms with van der Waals surface area (Å²) >= 11 is 0. The fourth-order valence-corrected chi connectivity index (χ4v) is 2.04. The van der Waals surface area contributed by atoms with Gasteiger partial charge in [0.05, 0.1) is 5.56 Å². The number of furan rings is 1. The average Bonchev–Trinajstić information content (AvgIpc) is 2.94. The summed E-state index contributed by atoms with van der Waals surface area (Å²) in [6.45, 7) is 0. The van der Waals surface area contributed by atoms with E-state index in [9.17, 15) is 9.50 Å². The molecule has 4 nitrogen and oxygen atoms in total. The van der Waals surface area contributed by atoms with Gasteiger partial charge in [0.1, 0.15) is 22.9 Å². The van der Waals surface area contributed by atoms with E-state index in [1.54, 1.807) is 55.6 Å². The van der Waals surface area contributed by atoms with Crippen molar-refractivity contribution in [3.8, 4) is 17.6 Å². The van der Waals surface area contributed by atoms with Crippen LogP contribution in [0.15, 0.2) is 46.9 Å². The number of halogens is 1. The number of allylic oxidation sites excluding steroid dienone is 1. The number of aromatic nitrogens is 1. The fraction of sp³-hybridized carbons (Fsp3) is 0.0556. The molecule has 23 heavy (non-hydrogen) atoms. The maximum Gasteiger partial charge on any atom is 0.230 e. The number of nitrogens with one attached hydrogen (secondary N) is 1. The highest BCUT2D eigenvalue weighted by Gasteiger charge is 2.02. The molecule has 0 spiro atoms. The van der Waals surface area contributed by atoms with Gasteiger partial charge in [-0.1, -0.05) is 11.8 Å². The fourth-order valence-electron chi connectivity index (χ4n) is 2.04. The molecule has 0 aliphatic heterocycles. The van der Waals surface area contributed by atoms with Gasteiger partial charge in [-0.05, 0) is 48.6 Å². The number of fused-ring (bicyclic) bond motifs is 1. The van der Waals surface area contributed by atoms with Crippen molar-refractivity contribution in [2.75, 3.05) is 12.4 Å². The molecule has 114 valence electrons. The van der Waals surface area contributed by atoms with Crippen LogP contribution in [-0.2, 0) is 0 Å². The van der Waals surface area contributed by atoms with Crippen molar-refractivity contribution < 1.29 is 13.9 Å². The van der Waals surface area contributed by atoms with Crippen molar-refractivity contribution in [2.45, 2.75) is 0 Å². The number of phenolic OH excluding ortho intramolecular Hbond substituents is 1. The number of pyridine rings is 1. The quantitative estimate of drug-likeness (QED) is 0.559. The van der Waals surface area contributed by atoms with Gasteiger partial charge >= 0.3 is 0 Å². The third kappa shape index (κ3) is 3.33. The number of rotatable bonds is 2. The molecule has 5 heteroatoms. The van der Waals surface area contributed by atoms with Crippen molar-refractivity contribution in [1.29, 1.82) is 0 Å². The van der Waals surface area contributed by atoms with E-state index in [2.05, 4.69) is 22.1 Å². The summed E-state index contributed by atoms with van der Waals surface area (Å²) in [6, 6.07) is 9.88. The summed E-state index contributed by atoms with van der Waals surface area (Å²) in [4.78, 5) is 3.72. The molecule has 2 heterocycles. The van der Waals surface area contributed by atoms with Crippen LogP contribution in [0, 0.1) is 17.8 Å². The first-order chi connectivity index (χ1) is 11.2. The van der Waals surface area contributed by atoms with E-state index in [4.69, 9.17) is 4.42 Å². The van der Waals surface area contributed by atoms with Gasteiger partial charge in [-0.2, -0.15) is 4.39 Å². The Morgan fingerprint density at radius 3 is 2.91 bits per heavy atom. The molecule has 0 saturated heterocycles. The molecule has 3 aromatic rings. The van der Waals surface area contributed by atoms with Crippen molar-refractivity contribution >= 4 is 22.9 Å². The second-order valence-corrected chi connectivity index (χ2v) is 4.76. The number of phenols is 1. The molecule has 0 unspecified atom stereocenters. The van der Waals surface area contributed by atoms with E-state index in [1.807, 2.05) is 0 Å². The minimum absolute atomic E-state index is 0.182. The lowest BCUT2D eigenvalue weighted by atomic mass is 10.2. The standard InChI is InChI=1S/C18H13FN2O2/c1-20-17-9-6-12(18(19)21-17)4-2-3-5-15-11-13-10-14(22)7-8-16(13)23-15/h3,5-11,22H,1H3,(H,20,21)/b5-3+/i19-1. The van der Waals surface area contributed by atoms with Crippen LogP contribution in [0.3, 0.4) is 0 Å². The minimum Gasteiger partial charge on any atom is -0.508 e. The van der Waals surface area contributed by atoms with Crippen LogP contribution in [0.5, 0.6) is 5.75 Å². The Balaban J connectivity index is 1.78. The first-order valence-corrected chi connectivity index (χ1v) is 6.90. The number of hydrogen-bond donors (Lipinski definition) is 2. The minimum atomic E-state index is -0.614. The summed E-state index contributed by atoms with van der Waals surface area (Å²) in [5.74, 6) is 6.06. The van der Waals surface area contributed by atoms with E-state index in [0.29, 0.717) is 17.2 Å². The van der Waals surface area contributed by atoms with Crippen LogP contribution in [0.25, 0.3) is 17.0 Å². The molecule has 2 aromatic heterocycles. The van der Waals surface area contributed by atoms with Crippen molar-refractivity contribution in [2.24, 2.45) is 0 Å². The maximum atomic E-state index is 13.6. The van der Waals surface area contributed by atoms with Crippen molar-refractivity contribution in [3.63, 3.8) is 0 Å². The largest absolute Gasteiger partial charge is 0.508 e. The number of anilines is 1. The van der Waals surface area contributed by atoms with Gasteiger partial charge in [0, 0.05) is 12.4 Å². The van der Waals surface area contributed by atoms with Crippen LogP contribution in [-0.4, -0.2) is 17.1 Å². The molecule has 0 radical (unpaired) electrons. The molecule has 1 aromatic carbocycles. The zero-order chi connectivity index (χ0) is 16.2. The van der Waals surface area contributed by atoms with Crippen LogP contribution in [0.4, 0.5) is 10.2 Å². The molecular formula is C18H13FN2O2. The molecule has 3 rings (SSSR count). The molecule has 0 fully saturated rings. The highest BCUT2D eigenvalue weighted by Crippen LogP contribution is 2.24. The van der Waals surface area contributed by atoms with Gasteiger partial charge in [0.25, 0.3) is 0 Å². The summed E-state index contributed by atoms with van der Waals surface area (Å²) in [5.41, 5.74) is 0.900. The van der Waals surface area contributed by atoms with Gasteiger partial charge in [0.15, 0.2) is 0 Å². The van der Waals surface area contributed by atoms with Gasteiger partial charge < -0.3 is 14.8 Å². The average molecular weight is 307 g/mol. The summed E-state index contributed by atoms with van der Waals surface area (Å²) < 4.78 is 19.2. The Morgan fingerprint density at radius 2 is 2.13 bits per heavy atom. The lowest BCUT2D eigenvalue weighted by Crippen LogP contribution is -1.96. The number of hydrogen-bond acceptors (Lipinski definition) is 4. The normalized spacial score (nSPS) is 10.7. The van der Waals surface area contributed by atoms with Gasteiger partial charge in [0.2, 0.25) is 5.95 Å². The second-order valence-electron chi connectivity index (χ2n) is 4.76. The molecule has 0 aliphatic carbocycles. The van der Waals surface area contributed by atoms with Crippen LogP contribution < -0.4 is 5.32 Å². The molecule has 0 aliphatic rings. The topological polar surface area (TPSA) is 58.3 Å². The van der Waals surface area contributed by atoms with Crippen LogP contribution in [0.1, 0.15) is 11.3 Å². The van der Waals surface area contributed by atoms with Gasteiger partial charge in [-0.3, -0.25) is 0 Å². The molecule has 2 N–H and O–H groups in total. The first-order valence-electron chi connectivity index (χ1n) is 6.90.